The van der Waals surface area contributed by atoms with Crippen LogP contribution in [0.4, 0.5) is 4.79 Å². The molecule has 6 nitrogen and oxygen atoms in total. The number of unbranched alkanes of at least 4 members (excludes halogenated alkanes) is 1. The summed E-state index contributed by atoms with van der Waals surface area (Å²) < 4.78 is 18.0. The van der Waals surface area contributed by atoms with Gasteiger partial charge in [0.05, 0.1) is 25.9 Å². The average molecular weight is 582 g/mol. The van der Waals surface area contributed by atoms with Crippen molar-refractivity contribution in [3.05, 3.63) is 114 Å². The van der Waals surface area contributed by atoms with Crippen LogP contribution in [0.5, 0.6) is 5.75 Å². The van der Waals surface area contributed by atoms with Gasteiger partial charge in [-0.15, -0.1) is 5.06 Å². The summed E-state index contributed by atoms with van der Waals surface area (Å²) in [5, 5.41) is 4.06. The Labute approximate surface area is 255 Å². The van der Waals surface area contributed by atoms with Crippen molar-refractivity contribution >= 4 is 16.9 Å². The van der Waals surface area contributed by atoms with Crippen molar-refractivity contribution in [2.75, 3.05) is 19.7 Å². The van der Waals surface area contributed by atoms with Crippen LogP contribution in [0.3, 0.4) is 0 Å². The van der Waals surface area contributed by atoms with E-state index in [1.54, 1.807) is 5.06 Å². The second-order valence-electron chi connectivity index (χ2n) is 12.2. The van der Waals surface area contributed by atoms with Gasteiger partial charge in [-0.25, -0.2) is 4.79 Å². The molecule has 1 aliphatic rings. The molecule has 0 aromatic heterocycles. The van der Waals surface area contributed by atoms with Gasteiger partial charge < -0.3 is 19.0 Å². The van der Waals surface area contributed by atoms with Crippen molar-refractivity contribution in [2.45, 2.75) is 70.7 Å². The third kappa shape index (κ3) is 9.31. The zero-order chi connectivity index (χ0) is 30.1. The van der Waals surface area contributed by atoms with Gasteiger partial charge in [0.25, 0.3) is 0 Å². The first-order valence-electron chi connectivity index (χ1n) is 15.3. The van der Waals surface area contributed by atoms with Crippen LogP contribution in [-0.2, 0) is 27.3 Å². The predicted octanol–water partition coefficient (Wildman–Crippen LogP) is 8.48. The van der Waals surface area contributed by atoms with E-state index < -0.39 is 11.8 Å². The normalized spacial score (nSPS) is 17.5. The van der Waals surface area contributed by atoms with Crippen LogP contribution in [-0.4, -0.2) is 42.6 Å². The van der Waals surface area contributed by atoms with Crippen LogP contribution >= 0.6 is 0 Å². The highest BCUT2D eigenvalue weighted by Crippen LogP contribution is 2.33. The highest BCUT2D eigenvalue weighted by atomic mass is 16.8. The lowest BCUT2D eigenvalue weighted by Gasteiger charge is -2.37. The lowest BCUT2D eigenvalue weighted by atomic mass is 9.87. The molecule has 4 aromatic rings. The Morgan fingerprint density at radius 3 is 2.35 bits per heavy atom. The van der Waals surface area contributed by atoms with E-state index in [1.807, 2.05) is 32.9 Å². The number of carbonyl (C=O) groups excluding carboxylic acids is 1. The van der Waals surface area contributed by atoms with Gasteiger partial charge >= 0.3 is 6.16 Å². The lowest BCUT2D eigenvalue weighted by Crippen LogP contribution is -2.45. The molecular weight excluding hydrogens is 538 g/mol. The molecule has 0 bridgehead atoms. The molecule has 1 saturated heterocycles. The van der Waals surface area contributed by atoms with Crippen molar-refractivity contribution in [1.29, 1.82) is 0 Å². The third-order valence-corrected chi connectivity index (χ3v) is 7.67. The van der Waals surface area contributed by atoms with Crippen molar-refractivity contribution in [1.82, 2.24) is 5.06 Å². The first-order valence-corrected chi connectivity index (χ1v) is 15.3. The molecular formula is C37H43NO5. The highest BCUT2D eigenvalue weighted by molar-refractivity contribution is 5.82. The van der Waals surface area contributed by atoms with Gasteiger partial charge in [-0.3, -0.25) is 0 Å². The van der Waals surface area contributed by atoms with Gasteiger partial charge in [0, 0.05) is 12.5 Å². The van der Waals surface area contributed by atoms with Crippen LogP contribution in [0.25, 0.3) is 10.8 Å². The topological polar surface area (TPSA) is 57.2 Å². The molecule has 2 unspecified atom stereocenters. The first kappa shape index (κ1) is 30.6. The minimum atomic E-state index is -0.690. The van der Waals surface area contributed by atoms with Gasteiger partial charge in [-0.1, -0.05) is 78.9 Å². The Bertz CT molecular complexity index is 1450. The van der Waals surface area contributed by atoms with Crippen LogP contribution in [0.15, 0.2) is 97.1 Å². The van der Waals surface area contributed by atoms with E-state index in [4.69, 9.17) is 19.0 Å². The average Bonchev–Trinajstić information content (AvgIpc) is 3.00. The maximum Gasteiger partial charge on any atom is 0.528 e. The van der Waals surface area contributed by atoms with Crippen LogP contribution in [0, 0.1) is 0 Å². The monoisotopic (exact) mass is 581 g/mol. The standard InChI is InChI=1S/C37H43NO5/c1-37(2,3)42-36(39)43-38-23-22-34(35(26-38)41-27-29-16-17-30-14-7-8-15-32(30)25-29)31-18-20-33(21-19-31)40-24-10-9-13-28-11-5-4-6-12-28/h4-8,11-12,14-21,25,34-35H,9-10,13,22-24,26-27H2,1-3H3. The molecule has 1 heterocycles. The number of hydrogen-bond acceptors (Lipinski definition) is 6. The zero-order valence-electron chi connectivity index (χ0n) is 25.5. The number of piperidine rings is 1. The SMILES string of the molecule is CC(C)(C)OC(=O)ON1CCC(c2ccc(OCCCCc3ccccc3)cc2)C(OCc2ccc3ccccc3c2)C1. The molecule has 0 saturated carbocycles. The molecule has 0 spiro atoms. The third-order valence-electron chi connectivity index (χ3n) is 7.67. The number of nitrogens with zero attached hydrogens (tertiary/aromatic N) is 1. The summed E-state index contributed by atoms with van der Waals surface area (Å²) in [6, 6.07) is 33.7. The van der Waals surface area contributed by atoms with Gasteiger partial charge in [0.2, 0.25) is 0 Å². The Morgan fingerprint density at radius 1 is 0.837 bits per heavy atom. The predicted molar refractivity (Wildman–Crippen MR) is 170 cm³/mol. The van der Waals surface area contributed by atoms with Crippen LogP contribution < -0.4 is 4.74 Å². The second kappa shape index (κ2) is 14.5. The Hall–Kier alpha value is -3.87. The number of rotatable bonds is 11. The van der Waals surface area contributed by atoms with Gasteiger partial charge in [-0.2, -0.15) is 0 Å². The van der Waals surface area contributed by atoms with E-state index in [2.05, 4.69) is 84.9 Å². The molecule has 0 amide bonds. The fourth-order valence-electron chi connectivity index (χ4n) is 5.50. The number of ether oxygens (including phenoxy) is 3. The highest BCUT2D eigenvalue weighted by Gasteiger charge is 2.34. The van der Waals surface area contributed by atoms with E-state index in [0.717, 1.165) is 37.0 Å². The number of hydroxylamine groups is 2. The van der Waals surface area contributed by atoms with Crippen molar-refractivity contribution in [2.24, 2.45) is 0 Å². The van der Waals surface area contributed by atoms with E-state index in [9.17, 15) is 4.79 Å². The smallest absolute Gasteiger partial charge is 0.494 e. The molecule has 6 heteroatoms. The quantitative estimate of drug-likeness (QED) is 0.131. The minimum Gasteiger partial charge on any atom is -0.494 e. The van der Waals surface area contributed by atoms with Crippen molar-refractivity contribution in [3.63, 3.8) is 0 Å². The maximum absolute atomic E-state index is 12.4. The van der Waals surface area contributed by atoms with Gasteiger partial charge in [0.15, 0.2) is 0 Å². The molecule has 2 atom stereocenters. The van der Waals surface area contributed by atoms with E-state index >= 15 is 0 Å². The fraction of sp³-hybridized carbons (Fsp3) is 0.378. The zero-order valence-corrected chi connectivity index (χ0v) is 25.5. The Kier molecular flexibility index (Phi) is 10.3. The maximum atomic E-state index is 12.4. The molecule has 0 radical (unpaired) electrons. The van der Waals surface area contributed by atoms with E-state index in [-0.39, 0.29) is 12.0 Å². The summed E-state index contributed by atoms with van der Waals surface area (Å²) in [6.45, 7) is 7.70. The van der Waals surface area contributed by atoms with Crippen LogP contribution in [0.1, 0.15) is 62.6 Å². The summed E-state index contributed by atoms with van der Waals surface area (Å²) in [5.74, 6) is 1.03. The van der Waals surface area contributed by atoms with Crippen molar-refractivity contribution < 1.29 is 23.8 Å². The number of aryl methyl sites for hydroxylation is 1. The molecule has 4 aromatic carbocycles. The minimum absolute atomic E-state index is 0.152. The first-order chi connectivity index (χ1) is 20.8. The molecule has 226 valence electrons. The molecule has 43 heavy (non-hydrogen) atoms. The van der Waals surface area contributed by atoms with E-state index in [1.165, 1.54) is 21.9 Å². The molecule has 0 aliphatic carbocycles. The van der Waals surface area contributed by atoms with Crippen molar-refractivity contribution in [3.8, 4) is 5.75 Å². The van der Waals surface area contributed by atoms with Gasteiger partial charge in [-0.05, 0) is 92.1 Å². The van der Waals surface area contributed by atoms with Gasteiger partial charge in [0.1, 0.15) is 11.4 Å². The Balaban J connectivity index is 1.20. The Morgan fingerprint density at radius 2 is 1.58 bits per heavy atom. The summed E-state index contributed by atoms with van der Waals surface area (Å²) in [4.78, 5) is 18.0. The summed E-state index contributed by atoms with van der Waals surface area (Å²) in [7, 11) is 0. The fourth-order valence-corrected chi connectivity index (χ4v) is 5.50. The molecule has 1 aliphatic heterocycles. The lowest BCUT2D eigenvalue weighted by molar-refractivity contribution is -0.179. The summed E-state index contributed by atoms with van der Waals surface area (Å²) >= 11 is 0. The molecule has 0 N–H and O–H groups in total. The summed E-state index contributed by atoms with van der Waals surface area (Å²) in [5.41, 5.74) is 3.05. The number of carbonyl (C=O) groups is 1. The van der Waals surface area contributed by atoms with E-state index in [0.29, 0.717) is 26.3 Å². The second-order valence-corrected chi connectivity index (χ2v) is 12.2. The summed E-state index contributed by atoms with van der Waals surface area (Å²) in [6.07, 6.45) is 3.10. The number of benzene rings is 4. The number of hydrogen-bond donors (Lipinski definition) is 0. The number of fused-ring (bicyclic) bond motifs is 1. The largest absolute Gasteiger partial charge is 0.528 e. The molecule has 5 rings (SSSR count). The molecule has 1 fully saturated rings. The van der Waals surface area contributed by atoms with Crippen LogP contribution in [0.2, 0.25) is 0 Å².